The largest absolute Gasteiger partial charge is 0.463 e. The van der Waals surface area contributed by atoms with Crippen molar-refractivity contribution in [1.29, 1.82) is 0 Å². The average Bonchev–Trinajstić information content (AvgIpc) is 3.44. The molecule has 6 heteroatoms. The number of carbonyl (C=O) groups is 1. The highest BCUT2D eigenvalue weighted by Crippen LogP contribution is 2.36. The number of furan rings is 1. The van der Waals surface area contributed by atoms with Crippen LogP contribution in [0.3, 0.4) is 0 Å². The molecule has 1 aliphatic carbocycles. The number of H-pyrrole nitrogens is 1. The molecule has 2 aromatic carbocycles. The molecule has 2 aromatic heterocycles. The summed E-state index contributed by atoms with van der Waals surface area (Å²) in [5.74, 6) is 0.205. The molecule has 0 saturated carbocycles. The van der Waals surface area contributed by atoms with Gasteiger partial charge >= 0.3 is 0 Å². The zero-order chi connectivity index (χ0) is 18.2. The summed E-state index contributed by atoms with van der Waals surface area (Å²) in [5.41, 5.74) is 7.34. The van der Waals surface area contributed by atoms with Crippen LogP contribution in [0.5, 0.6) is 0 Å². The van der Waals surface area contributed by atoms with Gasteiger partial charge in [-0.25, -0.2) is 5.43 Å². The Labute approximate surface area is 154 Å². The predicted octanol–water partition coefficient (Wildman–Crippen LogP) is 3.69. The Balaban J connectivity index is 1.43. The van der Waals surface area contributed by atoms with Crippen LogP contribution >= 0.6 is 0 Å². The Morgan fingerprint density at radius 1 is 1.15 bits per heavy atom. The van der Waals surface area contributed by atoms with Gasteiger partial charge in [-0.1, -0.05) is 30.3 Å². The van der Waals surface area contributed by atoms with Gasteiger partial charge in [0.05, 0.1) is 18.2 Å². The van der Waals surface area contributed by atoms with E-state index >= 15 is 0 Å². The van der Waals surface area contributed by atoms with Crippen LogP contribution in [0, 0.1) is 0 Å². The second-order valence-electron chi connectivity index (χ2n) is 6.49. The first kappa shape index (κ1) is 15.6. The third-order valence-corrected chi connectivity index (χ3v) is 4.88. The number of aryl methyl sites for hydroxylation is 2. The molecule has 4 aromatic rings. The first-order valence-corrected chi connectivity index (χ1v) is 8.76. The number of hydrazone groups is 1. The standard InChI is InChI=1S/C21H16N4O2/c26-21(25-22-12-15-4-2-10-27-15)19-11-18(23-24-19)16-9-8-14-7-6-13-3-1-5-17(16)20(13)14/h1-5,8-12H,6-7H2,(H,23,24)(H,25,26). The fraction of sp³-hybridized carbons (Fsp3) is 0.0952. The number of carbonyl (C=O) groups excluding carboxylic acids is 1. The van der Waals surface area contributed by atoms with Crippen molar-refractivity contribution in [1.82, 2.24) is 15.6 Å². The molecule has 2 heterocycles. The minimum atomic E-state index is -0.359. The van der Waals surface area contributed by atoms with Gasteiger partial charge in [-0.2, -0.15) is 10.2 Å². The fourth-order valence-corrected chi connectivity index (χ4v) is 3.63. The van der Waals surface area contributed by atoms with E-state index in [9.17, 15) is 4.79 Å². The number of rotatable bonds is 4. The van der Waals surface area contributed by atoms with E-state index in [1.54, 1.807) is 24.5 Å². The van der Waals surface area contributed by atoms with E-state index in [4.69, 9.17) is 4.42 Å². The van der Waals surface area contributed by atoms with E-state index < -0.39 is 0 Å². The van der Waals surface area contributed by atoms with E-state index in [1.165, 1.54) is 28.1 Å². The first-order chi connectivity index (χ1) is 13.3. The topological polar surface area (TPSA) is 83.3 Å². The molecule has 0 unspecified atom stereocenters. The van der Waals surface area contributed by atoms with Crippen LogP contribution in [-0.4, -0.2) is 22.3 Å². The van der Waals surface area contributed by atoms with Crippen LogP contribution in [-0.2, 0) is 12.8 Å². The molecule has 2 N–H and O–H groups in total. The van der Waals surface area contributed by atoms with E-state index in [-0.39, 0.29) is 5.91 Å². The lowest BCUT2D eigenvalue weighted by Crippen LogP contribution is -2.17. The number of hydrogen-bond acceptors (Lipinski definition) is 4. The maximum Gasteiger partial charge on any atom is 0.289 e. The van der Waals surface area contributed by atoms with Crippen molar-refractivity contribution < 1.29 is 9.21 Å². The lowest BCUT2D eigenvalue weighted by molar-refractivity contribution is 0.0950. The number of hydrogen-bond donors (Lipinski definition) is 2. The zero-order valence-electron chi connectivity index (χ0n) is 14.4. The van der Waals surface area contributed by atoms with Gasteiger partial charge in [-0.05, 0) is 52.9 Å². The minimum Gasteiger partial charge on any atom is -0.463 e. The summed E-state index contributed by atoms with van der Waals surface area (Å²) >= 11 is 0. The van der Waals surface area contributed by atoms with Gasteiger partial charge < -0.3 is 4.42 Å². The zero-order valence-corrected chi connectivity index (χ0v) is 14.4. The summed E-state index contributed by atoms with van der Waals surface area (Å²) < 4.78 is 5.13. The summed E-state index contributed by atoms with van der Waals surface area (Å²) in [6.07, 6.45) is 5.15. The van der Waals surface area contributed by atoms with E-state index in [0.717, 1.165) is 24.1 Å². The molecular formula is C21H16N4O2. The summed E-state index contributed by atoms with van der Waals surface area (Å²) in [6.45, 7) is 0. The molecule has 132 valence electrons. The van der Waals surface area contributed by atoms with Crippen molar-refractivity contribution >= 4 is 22.9 Å². The summed E-state index contributed by atoms with van der Waals surface area (Å²) in [5, 5.41) is 13.5. The SMILES string of the molecule is O=C(NN=Cc1ccco1)c1cc(-c2ccc3c4c(cccc24)CC3)n[nH]1. The molecule has 0 bridgehead atoms. The van der Waals surface area contributed by atoms with Crippen molar-refractivity contribution in [2.75, 3.05) is 0 Å². The molecule has 0 saturated heterocycles. The smallest absolute Gasteiger partial charge is 0.289 e. The third-order valence-electron chi connectivity index (χ3n) is 4.88. The maximum absolute atomic E-state index is 12.3. The molecular weight excluding hydrogens is 340 g/mol. The molecule has 0 atom stereocenters. The molecule has 0 fully saturated rings. The van der Waals surface area contributed by atoms with E-state index in [2.05, 4.69) is 51.1 Å². The maximum atomic E-state index is 12.3. The Morgan fingerprint density at radius 2 is 2.04 bits per heavy atom. The number of aromatic nitrogens is 2. The van der Waals surface area contributed by atoms with Crippen molar-refractivity contribution in [3.05, 3.63) is 77.4 Å². The summed E-state index contributed by atoms with van der Waals surface area (Å²) in [6, 6.07) is 15.9. The van der Waals surface area contributed by atoms with Gasteiger partial charge in [0.25, 0.3) is 5.91 Å². The second-order valence-corrected chi connectivity index (χ2v) is 6.49. The number of amides is 1. The van der Waals surface area contributed by atoms with Gasteiger partial charge in [0.2, 0.25) is 0 Å². The van der Waals surface area contributed by atoms with Crippen LogP contribution in [0.4, 0.5) is 0 Å². The van der Waals surface area contributed by atoms with Gasteiger partial charge in [0, 0.05) is 5.56 Å². The molecule has 0 aliphatic heterocycles. The Morgan fingerprint density at radius 3 is 2.89 bits per heavy atom. The first-order valence-electron chi connectivity index (χ1n) is 8.76. The monoisotopic (exact) mass is 356 g/mol. The third kappa shape index (κ3) is 2.71. The highest BCUT2D eigenvalue weighted by molar-refractivity contribution is 6.02. The Bertz CT molecular complexity index is 1160. The van der Waals surface area contributed by atoms with Crippen LogP contribution in [0.2, 0.25) is 0 Å². The lowest BCUT2D eigenvalue weighted by atomic mass is 9.98. The number of benzene rings is 2. The fourth-order valence-electron chi connectivity index (χ4n) is 3.63. The van der Waals surface area contributed by atoms with E-state index in [1.807, 2.05) is 0 Å². The molecule has 1 amide bonds. The van der Waals surface area contributed by atoms with Crippen molar-refractivity contribution in [2.45, 2.75) is 12.8 Å². The van der Waals surface area contributed by atoms with Crippen LogP contribution < -0.4 is 5.43 Å². The van der Waals surface area contributed by atoms with Crippen molar-refractivity contribution in [3.63, 3.8) is 0 Å². The average molecular weight is 356 g/mol. The highest BCUT2D eigenvalue weighted by atomic mass is 16.3. The second kappa shape index (κ2) is 6.25. The lowest BCUT2D eigenvalue weighted by Gasteiger charge is -2.06. The summed E-state index contributed by atoms with van der Waals surface area (Å²) in [7, 11) is 0. The molecule has 0 radical (unpaired) electrons. The molecule has 6 nitrogen and oxygen atoms in total. The normalized spacial score (nSPS) is 12.9. The van der Waals surface area contributed by atoms with Gasteiger partial charge in [-0.15, -0.1) is 0 Å². The minimum absolute atomic E-state index is 0.352. The number of aromatic amines is 1. The number of nitrogens with one attached hydrogen (secondary N) is 2. The molecule has 1 aliphatic rings. The Hall–Kier alpha value is -3.67. The van der Waals surface area contributed by atoms with Crippen LogP contribution in [0.15, 0.2) is 64.3 Å². The summed E-state index contributed by atoms with van der Waals surface area (Å²) in [4.78, 5) is 12.3. The molecule has 5 rings (SSSR count). The Kier molecular flexibility index (Phi) is 3.60. The van der Waals surface area contributed by atoms with Gasteiger partial charge in [0.1, 0.15) is 11.5 Å². The van der Waals surface area contributed by atoms with Gasteiger partial charge in [-0.3, -0.25) is 9.89 Å². The van der Waals surface area contributed by atoms with E-state index in [0.29, 0.717) is 11.5 Å². The predicted molar refractivity (Wildman–Crippen MR) is 103 cm³/mol. The highest BCUT2D eigenvalue weighted by Gasteiger charge is 2.18. The van der Waals surface area contributed by atoms with Crippen LogP contribution in [0.1, 0.15) is 27.4 Å². The quantitative estimate of drug-likeness (QED) is 0.432. The van der Waals surface area contributed by atoms with Crippen LogP contribution in [0.25, 0.3) is 22.0 Å². The number of nitrogens with zero attached hydrogens (tertiary/aromatic N) is 2. The molecule has 27 heavy (non-hydrogen) atoms. The van der Waals surface area contributed by atoms with Crippen molar-refractivity contribution in [3.8, 4) is 11.3 Å². The van der Waals surface area contributed by atoms with Gasteiger partial charge in [0.15, 0.2) is 0 Å². The molecule has 0 spiro atoms. The van der Waals surface area contributed by atoms with Crippen molar-refractivity contribution in [2.24, 2.45) is 5.10 Å².